The van der Waals surface area contributed by atoms with Crippen LogP contribution in [0.25, 0.3) is 0 Å². The number of ether oxygens (including phenoxy) is 2. The topological polar surface area (TPSA) is 142 Å². The molecule has 0 aromatic heterocycles. The van der Waals surface area contributed by atoms with Crippen molar-refractivity contribution in [1.82, 2.24) is 20.7 Å². The molecule has 2 N–H and O–H groups in total. The zero-order chi connectivity index (χ0) is 30.2. The number of amidine groups is 2. The van der Waals surface area contributed by atoms with E-state index in [1.807, 2.05) is 24.3 Å². The Labute approximate surface area is 251 Å². The Morgan fingerprint density at radius 3 is 1.50 bits per heavy atom. The maximum Gasteiger partial charge on any atom is 0.241 e. The molecule has 0 saturated carbocycles. The molecular weight excluding hydrogens is 580 g/mol. The molecular formula is C28H28N6O6S2. The van der Waals surface area contributed by atoms with Gasteiger partial charge in [-0.2, -0.15) is 0 Å². The Balaban J connectivity index is 1.30. The molecule has 2 atom stereocenters. The van der Waals surface area contributed by atoms with Crippen LogP contribution in [0.15, 0.2) is 58.7 Å². The summed E-state index contributed by atoms with van der Waals surface area (Å²) in [5.41, 5.74) is 1.57. The van der Waals surface area contributed by atoms with Crippen LogP contribution in [0.3, 0.4) is 0 Å². The Hall–Kier alpha value is -4.48. The Morgan fingerprint density at radius 1 is 0.738 bits per heavy atom. The maximum absolute atomic E-state index is 12.1. The van der Waals surface area contributed by atoms with Crippen LogP contribution in [0.4, 0.5) is 0 Å². The second kappa shape index (κ2) is 13.9. The van der Waals surface area contributed by atoms with Crippen molar-refractivity contribution in [3.63, 3.8) is 0 Å². The van der Waals surface area contributed by atoms with Gasteiger partial charge in [-0.3, -0.25) is 19.2 Å². The molecule has 2 aliphatic heterocycles. The monoisotopic (exact) mass is 608 g/mol. The molecule has 218 valence electrons. The van der Waals surface area contributed by atoms with E-state index in [2.05, 4.69) is 32.7 Å². The van der Waals surface area contributed by atoms with Gasteiger partial charge in [-0.1, -0.05) is 59.6 Å². The fraction of sp³-hybridized carbons (Fsp3) is 0.286. The molecule has 2 aromatic rings. The first-order valence-corrected chi connectivity index (χ1v) is 14.4. The molecule has 42 heavy (non-hydrogen) atoms. The van der Waals surface area contributed by atoms with E-state index in [1.165, 1.54) is 61.2 Å². The molecule has 4 rings (SSSR count). The van der Waals surface area contributed by atoms with Crippen molar-refractivity contribution in [2.75, 3.05) is 13.2 Å². The summed E-state index contributed by atoms with van der Waals surface area (Å²) in [5, 5.41) is 16.1. The largest absolute Gasteiger partial charge is 0.481 e. The third-order valence-corrected chi connectivity index (χ3v) is 7.74. The summed E-state index contributed by atoms with van der Waals surface area (Å²) in [6.45, 7) is 5.82. The van der Waals surface area contributed by atoms with Crippen LogP contribution in [0.1, 0.15) is 49.6 Å². The van der Waals surface area contributed by atoms with E-state index in [0.29, 0.717) is 21.8 Å². The van der Waals surface area contributed by atoms with Crippen LogP contribution in [0, 0.1) is 11.8 Å². The van der Waals surface area contributed by atoms with E-state index in [1.54, 1.807) is 24.3 Å². The van der Waals surface area contributed by atoms with Crippen LogP contribution >= 0.6 is 23.5 Å². The van der Waals surface area contributed by atoms with Crippen LogP contribution in [0.5, 0.6) is 11.5 Å². The lowest BCUT2D eigenvalue weighted by Gasteiger charge is -2.19. The minimum atomic E-state index is -0.433. The van der Waals surface area contributed by atoms with Gasteiger partial charge >= 0.3 is 0 Å². The molecule has 2 heterocycles. The number of nitrogens with one attached hydrogen (secondary N) is 2. The molecule has 0 bridgehead atoms. The van der Waals surface area contributed by atoms with Crippen molar-refractivity contribution in [1.29, 1.82) is 0 Å². The summed E-state index contributed by atoms with van der Waals surface area (Å²) in [6.07, 6.45) is 0. The lowest BCUT2D eigenvalue weighted by molar-refractivity contribution is -0.130. The highest BCUT2D eigenvalue weighted by molar-refractivity contribution is 8.14. The average Bonchev–Trinajstić information content (AvgIpc) is 3.55. The zero-order valence-electron chi connectivity index (χ0n) is 23.2. The summed E-state index contributed by atoms with van der Waals surface area (Å²) >= 11 is 2.52. The van der Waals surface area contributed by atoms with Crippen LogP contribution in [-0.4, -0.2) is 57.2 Å². The third kappa shape index (κ3) is 8.05. The van der Waals surface area contributed by atoms with Crippen molar-refractivity contribution in [3.8, 4) is 23.3 Å². The molecule has 0 fully saturated rings. The van der Waals surface area contributed by atoms with Crippen LogP contribution in [-0.2, 0) is 19.2 Å². The summed E-state index contributed by atoms with van der Waals surface area (Å²) in [4.78, 5) is 47.0. The van der Waals surface area contributed by atoms with Crippen molar-refractivity contribution in [2.45, 2.75) is 38.4 Å². The van der Waals surface area contributed by atoms with Gasteiger partial charge in [-0.25, -0.2) is 10.0 Å². The predicted octanol–water partition coefficient (Wildman–Crippen LogP) is 3.15. The quantitative estimate of drug-likeness (QED) is 0.477. The number of thioether (sulfide) groups is 2. The van der Waals surface area contributed by atoms with Gasteiger partial charge in [0.25, 0.3) is 0 Å². The van der Waals surface area contributed by atoms with Crippen molar-refractivity contribution in [2.24, 2.45) is 10.2 Å². The second-order valence-corrected chi connectivity index (χ2v) is 11.1. The highest BCUT2D eigenvalue weighted by Crippen LogP contribution is 2.40. The molecule has 0 saturated heterocycles. The highest BCUT2D eigenvalue weighted by Gasteiger charge is 2.33. The SMILES string of the molecule is CC(=O)NC1=NN(C(C)=O)C(c2cccc(OCC#CCOc3cccc(C4SC(NC(C)=O)=NN4C(C)=O)c3)c2)S1. The second-order valence-electron chi connectivity index (χ2n) is 8.92. The van der Waals surface area contributed by atoms with Gasteiger partial charge in [0.1, 0.15) is 35.5 Å². The van der Waals surface area contributed by atoms with E-state index >= 15 is 0 Å². The number of hydrazone groups is 2. The Bertz CT molecular complexity index is 1410. The molecule has 2 unspecified atom stereocenters. The summed E-state index contributed by atoms with van der Waals surface area (Å²) in [5.74, 6) is 5.92. The zero-order valence-corrected chi connectivity index (χ0v) is 24.9. The van der Waals surface area contributed by atoms with E-state index in [0.717, 1.165) is 11.1 Å². The first-order valence-electron chi connectivity index (χ1n) is 12.7. The number of hydrogen-bond acceptors (Lipinski definition) is 10. The van der Waals surface area contributed by atoms with Gasteiger partial charge in [0, 0.05) is 27.7 Å². The molecule has 2 aromatic carbocycles. The first-order chi connectivity index (χ1) is 20.1. The fourth-order valence-electron chi connectivity index (χ4n) is 3.82. The van der Waals surface area contributed by atoms with Gasteiger partial charge in [-0.05, 0) is 35.4 Å². The maximum atomic E-state index is 12.1. The van der Waals surface area contributed by atoms with Crippen molar-refractivity contribution in [3.05, 3.63) is 59.7 Å². The molecule has 0 radical (unpaired) electrons. The van der Waals surface area contributed by atoms with Gasteiger partial charge in [0.15, 0.2) is 10.3 Å². The first kappa shape index (κ1) is 30.5. The van der Waals surface area contributed by atoms with E-state index in [-0.39, 0.29) is 36.8 Å². The van der Waals surface area contributed by atoms with Gasteiger partial charge in [0.2, 0.25) is 23.6 Å². The predicted molar refractivity (Wildman–Crippen MR) is 160 cm³/mol. The van der Waals surface area contributed by atoms with Gasteiger partial charge in [0.05, 0.1) is 0 Å². The van der Waals surface area contributed by atoms with E-state index in [4.69, 9.17) is 9.47 Å². The number of hydrogen-bond donors (Lipinski definition) is 2. The molecule has 14 heteroatoms. The molecule has 0 spiro atoms. The number of amides is 4. The summed E-state index contributed by atoms with van der Waals surface area (Å²) in [7, 11) is 0. The fourth-order valence-corrected chi connectivity index (χ4v) is 6.07. The number of carbonyl (C=O) groups excluding carboxylic acids is 4. The van der Waals surface area contributed by atoms with Crippen LogP contribution < -0.4 is 20.1 Å². The lowest BCUT2D eigenvalue weighted by atomic mass is 10.2. The summed E-state index contributed by atoms with van der Waals surface area (Å²) in [6, 6.07) is 14.5. The smallest absolute Gasteiger partial charge is 0.241 e. The minimum Gasteiger partial charge on any atom is -0.481 e. The van der Waals surface area contributed by atoms with Gasteiger partial charge < -0.3 is 20.1 Å². The average molecular weight is 609 g/mol. The molecule has 2 aliphatic rings. The normalized spacial score (nSPS) is 17.4. The Morgan fingerprint density at radius 2 is 1.14 bits per heavy atom. The number of nitrogens with zero attached hydrogens (tertiary/aromatic N) is 4. The number of rotatable bonds is 6. The number of benzene rings is 2. The molecule has 12 nitrogen and oxygen atoms in total. The van der Waals surface area contributed by atoms with E-state index < -0.39 is 10.7 Å². The third-order valence-electron chi connectivity index (χ3n) is 5.53. The molecule has 4 amide bonds. The van der Waals surface area contributed by atoms with E-state index in [9.17, 15) is 19.2 Å². The lowest BCUT2D eigenvalue weighted by Crippen LogP contribution is -2.25. The number of carbonyl (C=O) groups is 4. The highest BCUT2D eigenvalue weighted by atomic mass is 32.2. The van der Waals surface area contributed by atoms with Crippen molar-refractivity contribution >= 4 is 57.5 Å². The summed E-state index contributed by atoms with van der Waals surface area (Å²) < 4.78 is 11.5. The minimum absolute atomic E-state index is 0.115. The van der Waals surface area contributed by atoms with Gasteiger partial charge in [-0.15, -0.1) is 10.2 Å². The van der Waals surface area contributed by atoms with Crippen molar-refractivity contribution < 1.29 is 28.7 Å². The standard InChI is InChI=1S/C28H28N6O6S2/c1-17(35)29-27-31-33(19(3)37)25(41-27)21-9-7-11-23(15-21)39-13-5-6-14-40-24-12-8-10-22(16-24)26-34(20(4)38)32-28(42-26)30-18(2)36/h7-12,15-16,25-26H,13-14H2,1-4H3,(H,29,31,35)(H,30,32,36). The van der Waals surface area contributed by atoms with Crippen LogP contribution in [0.2, 0.25) is 0 Å². The Kier molecular flexibility index (Phi) is 10.1. The molecule has 0 aliphatic carbocycles.